The maximum absolute atomic E-state index is 9.64. The first kappa shape index (κ1) is 12.6. The van der Waals surface area contributed by atoms with Gasteiger partial charge in [-0.2, -0.15) is 0 Å². The van der Waals surface area contributed by atoms with Crippen molar-refractivity contribution >= 4 is 0 Å². The average molecular weight is 233 g/mol. The quantitative estimate of drug-likeness (QED) is 0.820. The fourth-order valence-electron chi connectivity index (χ4n) is 2.97. The van der Waals surface area contributed by atoms with Gasteiger partial charge in [-0.05, 0) is 36.9 Å². The van der Waals surface area contributed by atoms with Crippen LogP contribution in [0.4, 0.5) is 0 Å². The monoisotopic (exact) mass is 233 g/mol. The summed E-state index contributed by atoms with van der Waals surface area (Å²) >= 11 is 0. The number of benzene rings is 1. The Bertz CT molecular complexity index is 348. The third-order valence-corrected chi connectivity index (χ3v) is 4.43. The van der Waals surface area contributed by atoms with E-state index in [1.165, 1.54) is 17.5 Å². The largest absolute Gasteiger partial charge is 0.396 e. The minimum Gasteiger partial charge on any atom is -0.396 e. The zero-order valence-corrected chi connectivity index (χ0v) is 10.7. The number of aryl methyl sites for hydroxylation is 1. The fraction of sp³-hybridized carbons (Fsp3) is 0.600. The summed E-state index contributed by atoms with van der Waals surface area (Å²) in [6.07, 6.45) is 4.52. The summed E-state index contributed by atoms with van der Waals surface area (Å²) in [5.41, 5.74) is 8.64. The normalized spacial score (nSPS) is 19.7. The number of aliphatic hydroxyl groups excluding tert-OH is 1. The second-order valence-electron chi connectivity index (χ2n) is 5.26. The van der Waals surface area contributed by atoms with Crippen molar-refractivity contribution in [3.8, 4) is 0 Å². The van der Waals surface area contributed by atoms with Crippen LogP contribution in [-0.2, 0) is 6.42 Å². The molecule has 1 aliphatic carbocycles. The lowest BCUT2D eigenvalue weighted by Crippen LogP contribution is -2.42. The van der Waals surface area contributed by atoms with Gasteiger partial charge in [-0.15, -0.1) is 0 Å². The second kappa shape index (κ2) is 5.19. The van der Waals surface area contributed by atoms with Crippen LogP contribution in [0.15, 0.2) is 24.3 Å². The van der Waals surface area contributed by atoms with Crippen molar-refractivity contribution in [3.63, 3.8) is 0 Å². The molecule has 0 heterocycles. The van der Waals surface area contributed by atoms with Crippen LogP contribution >= 0.6 is 0 Å². The highest BCUT2D eigenvalue weighted by Crippen LogP contribution is 2.50. The van der Waals surface area contributed by atoms with Gasteiger partial charge < -0.3 is 10.8 Å². The SMILES string of the molecule is CCc1ccc(C(CN)C2(CO)CCC2)cc1. The third kappa shape index (κ3) is 2.24. The molecule has 1 fully saturated rings. The molecule has 1 atom stereocenters. The first-order chi connectivity index (χ1) is 8.25. The second-order valence-corrected chi connectivity index (χ2v) is 5.26. The Balaban J connectivity index is 2.22. The molecule has 0 spiro atoms. The molecule has 0 saturated heterocycles. The summed E-state index contributed by atoms with van der Waals surface area (Å²) in [6, 6.07) is 8.74. The van der Waals surface area contributed by atoms with Crippen LogP contribution in [0.2, 0.25) is 0 Å². The zero-order valence-electron chi connectivity index (χ0n) is 10.7. The van der Waals surface area contributed by atoms with Crippen molar-refractivity contribution in [2.24, 2.45) is 11.1 Å². The Morgan fingerprint density at radius 1 is 1.29 bits per heavy atom. The van der Waals surface area contributed by atoms with Gasteiger partial charge in [0.1, 0.15) is 0 Å². The molecule has 2 nitrogen and oxygen atoms in total. The molecular weight excluding hydrogens is 210 g/mol. The van der Waals surface area contributed by atoms with Gasteiger partial charge >= 0.3 is 0 Å². The highest BCUT2D eigenvalue weighted by atomic mass is 16.3. The molecule has 1 aromatic carbocycles. The van der Waals surface area contributed by atoms with Gasteiger partial charge in [-0.1, -0.05) is 37.6 Å². The minimum atomic E-state index is 0.0580. The van der Waals surface area contributed by atoms with E-state index in [4.69, 9.17) is 5.73 Å². The number of rotatable bonds is 5. The Morgan fingerprint density at radius 3 is 2.29 bits per heavy atom. The van der Waals surface area contributed by atoms with E-state index in [-0.39, 0.29) is 12.0 Å². The van der Waals surface area contributed by atoms with Gasteiger partial charge in [0.05, 0.1) is 0 Å². The molecule has 17 heavy (non-hydrogen) atoms. The van der Waals surface area contributed by atoms with Gasteiger partial charge in [0.2, 0.25) is 0 Å². The van der Waals surface area contributed by atoms with Crippen molar-refractivity contribution in [1.29, 1.82) is 0 Å². The van der Waals surface area contributed by atoms with Gasteiger partial charge in [0, 0.05) is 17.9 Å². The molecule has 0 radical (unpaired) electrons. The summed E-state index contributed by atoms with van der Waals surface area (Å²) < 4.78 is 0. The number of hydrogen-bond acceptors (Lipinski definition) is 2. The molecular formula is C15H23NO. The molecule has 1 aliphatic rings. The summed E-state index contributed by atoms with van der Waals surface area (Å²) in [5.74, 6) is 0.312. The Labute approximate surface area is 104 Å². The molecule has 1 aromatic rings. The Morgan fingerprint density at radius 2 is 1.94 bits per heavy atom. The predicted molar refractivity (Wildman–Crippen MR) is 71.0 cm³/mol. The van der Waals surface area contributed by atoms with E-state index < -0.39 is 0 Å². The van der Waals surface area contributed by atoms with E-state index in [1.807, 2.05) is 0 Å². The number of nitrogens with two attached hydrogens (primary N) is 1. The van der Waals surface area contributed by atoms with Gasteiger partial charge in [0.25, 0.3) is 0 Å². The summed E-state index contributed by atoms with van der Waals surface area (Å²) in [5, 5.41) is 9.64. The zero-order chi connectivity index (χ0) is 12.3. The van der Waals surface area contributed by atoms with E-state index in [9.17, 15) is 5.11 Å². The van der Waals surface area contributed by atoms with Crippen molar-refractivity contribution in [3.05, 3.63) is 35.4 Å². The van der Waals surface area contributed by atoms with Crippen LogP contribution in [0.3, 0.4) is 0 Å². The topological polar surface area (TPSA) is 46.2 Å². The van der Waals surface area contributed by atoms with Crippen LogP contribution in [0.1, 0.15) is 43.2 Å². The highest BCUT2D eigenvalue weighted by molar-refractivity contribution is 5.28. The lowest BCUT2D eigenvalue weighted by Gasteiger charge is -2.46. The van der Waals surface area contributed by atoms with Gasteiger partial charge in [0.15, 0.2) is 0 Å². The van der Waals surface area contributed by atoms with E-state index >= 15 is 0 Å². The van der Waals surface area contributed by atoms with Crippen LogP contribution in [0.25, 0.3) is 0 Å². The molecule has 2 heteroatoms. The lowest BCUT2D eigenvalue weighted by atomic mass is 9.59. The van der Waals surface area contributed by atoms with E-state index in [1.54, 1.807) is 0 Å². The first-order valence-electron chi connectivity index (χ1n) is 6.65. The molecule has 0 amide bonds. The van der Waals surface area contributed by atoms with E-state index in [0.717, 1.165) is 19.3 Å². The molecule has 2 rings (SSSR count). The number of aliphatic hydroxyl groups is 1. The van der Waals surface area contributed by atoms with Crippen LogP contribution in [0, 0.1) is 5.41 Å². The van der Waals surface area contributed by atoms with Crippen molar-refractivity contribution in [1.82, 2.24) is 0 Å². The molecule has 0 aromatic heterocycles. The van der Waals surface area contributed by atoms with Crippen molar-refractivity contribution < 1.29 is 5.11 Å². The van der Waals surface area contributed by atoms with E-state index in [2.05, 4.69) is 31.2 Å². The highest BCUT2D eigenvalue weighted by Gasteiger charge is 2.43. The maximum atomic E-state index is 9.64. The number of hydrogen-bond donors (Lipinski definition) is 2. The Hall–Kier alpha value is -0.860. The molecule has 3 N–H and O–H groups in total. The molecule has 1 saturated carbocycles. The predicted octanol–water partition coefficient (Wildman–Crippen LogP) is 2.45. The van der Waals surface area contributed by atoms with Crippen molar-refractivity contribution in [2.75, 3.05) is 13.2 Å². The maximum Gasteiger partial charge on any atom is 0.0493 e. The fourth-order valence-corrected chi connectivity index (χ4v) is 2.97. The minimum absolute atomic E-state index is 0.0580. The van der Waals surface area contributed by atoms with Gasteiger partial charge in [-0.3, -0.25) is 0 Å². The first-order valence-corrected chi connectivity index (χ1v) is 6.65. The third-order valence-electron chi connectivity index (χ3n) is 4.43. The van der Waals surface area contributed by atoms with Crippen molar-refractivity contribution in [2.45, 2.75) is 38.5 Å². The molecule has 0 aliphatic heterocycles. The van der Waals surface area contributed by atoms with E-state index in [0.29, 0.717) is 12.5 Å². The molecule has 0 bridgehead atoms. The summed E-state index contributed by atoms with van der Waals surface area (Å²) in [6.45, 7) is 3.06. The summed E-state index contributed by atoms with van der Waals surface area (Å²) in [7, 11) is 0. The van der Waals surface area contributed by atoms with Crippen LogP contribution < -0.4 is 5.73 Å². The molecule has 94 valence electrons. The van der Waals surface area contributed by atoms with Crippen LogP contribution in [-0.4, -0.2) is 18.3 Å². The average Bonchev–Trinajstić information content (AvgIpc) is 2.34. The Kier molecular flexibility index (Phi) is 3.85. The smallest absolute Gasteiger partial charge is 0.0493 e. The molecule has 1 unspecified atom stereocenters. The standard InChI is InChI=1S/C15H23NO/c1-2-12-4-6-13(7-5-12)14(10-16)15(11-17)8-3-9-15/h4-7,14,17H,2-3,8-11,16H2,1H3. The van der Waals surface area contributed by atoms with Gasteiger partial charge in [-0.25, -0.2) is 0 Å². The lowest BCUT2D eigenvalue weighted by molar-refractivity contribution is 0.0192. The van der Waals surface area contributed by atoms with Crippen LogP contribution in [0.5, 0.6) is 0 Å². The summed E-state index contributed by atoms with van der Waals surface area (Å²) in [4.78, 5) is 0.